The Balaban J connectivity index is 1.98. The largest absolute Gasteiger partial charge is 0.496 e. The van der Waals surface area contributed by atoms with Crippen LogP contribution in [0.3, 0.4) is 0 Å². The van der Waals surface area contributed by atoms with Crippen molar-refractivity contribution in [2.75, 3.05) is 23.3 Å². The van der Waals surface area contributed by atoms with Gasteiger partial charge in [0.05, 0.1) is 32.9 Å². The van der Waals surface area contributed by atoms with Gasteiger partial charge in [0.15, 0.2) is 0 Å². The van der Waals surface area contributed by atoms with Crippen molar-refractivity contribution < 1.29 is 17.9 Å². The Labute approximate surface area is 205 Å². The molecule has 0 atom stereocenters. The Morgan fingerprint density at radius 2 is 1.75 bits per heavy atom. The number of halogens is 3. The zero-order valence-electron chi connectivity index (χ0n) is 17.1. The van der Waals surface area contributed by atoms with Crippen LogP contribution in [0, 0.1) is 6.92 Å². The Morgan fingerprint density at radius 1 is 1.06 bits per heavy atom. The molecule has 0 radical (unpaired) electrons. The molecule has 0 aliphatic rings. The molecule has 0 fully saturated rings. The third-order valence-corrected chi connectivity index (χ3v) is 7.48. The average Bonchev–Trinajstić information content (AvgIpc) is 2.75. The number of amides is 1. The van der Waals surface area contributed by atoms with Gasteiger partial charge < -0.3 is 10.1 Å². The Bertz CT molecular complexity index is 1250. The molecule has 3 rings (SSSR count). The van der Waals surface area contributed by atoms with Crippen molar-refractivity contribution in [3.63, 3.8) is 0 Å². The third-order valence-electron chi connectivity index (χ3n) is 4.52. The van der Waals surface area contributed by atoms with Crippen molar-refractivity contribution in [3.8, 4) is 5.75 Å². The number of aryl methyl sites for hydroxylation is 1. The lowest BCUT2D eigenvalue weighted by molar-refractivity contribution is -0.114. The second-order valence-corrected chi connectivity index (χ2v) is 10.4. The highest BCUT2D eigenvalue weighted by atomic mass is 79.9. The van der Waals surface area contributed by atoms with Crippen LogP contribution in [0.1, 0.15) is 5.56 Å². The Hall–Kier alpha value is -2.26. The molecular formula is C22H19BrCl2N2O4S. The summed E-state index contributed by atoms with van der Waals surface area (Å²) in [5, 5.41) is 3.29. The molecule has 0 aliphatic heterocycles. The maximum atomic E-state index is 13.5. The van der Waals surface area contributed by atoms with Crippen LogP contribution in [0.2, 0.25) is 10.0 Å². The minimum absolute atomic E-state index is 0.000613. The number of ether oxygens (including phenoxy) is 1. The summed E-state index contributed by atoms with van der Waals surface area (Å²) in [4.78, 5) is 12.8. The highest BCUT2D eigenvalue weighted by Gasteiger charge is 2.28. The molecule has 0 saturated carbocycles. The predicted molar refractivity (Wildman–Crippen MR) is 131 cm³/mol. The molecule has 32 heavy (non-hydrogen) atoms. The van der Waals surface area contributed by atoms with Crippen LogP contribution in [0.15, 0.2) is 70.0 Å². The molecule has 0 aromatic heterocycles. The fourth-order valence-corrected chi connectivity index (χ4v) is 5.35. The van der Waals surface area contributed by atoms with E-state index in [0.717, 1.165) is 9.87 Å². The van der Waals surface area contributed by atoms with E-state index in [1.807, 2.05) is 6.92 Å². The summed E-state index contributed by atoms with van der Waals surface area (Å²) in [7, 11) is -2.61. The molecule has 1 N–H and O–H groups in total. The average molecular weight is 558 g/mol. The van der Waals surface area contributed by atoms with Crippen molar-refractivity contribution in [3.05, 3.63) is 80.7 Å². The van der Waals surface area contributed by atoms with Crippen molar-refractivity contribution in [1.29, 1.82) is 0 Å². The fraction of sp³-hybridized carbons (Fsp3) is 0.136. The van der Waals surface area contributed by atoms with Crippen molar-refractivity contribution in [1.82, 2.24) is 0 Å². The number of nitrogens with one attached hydrogen (secondary N) is 1. The highest BCUT2D eigenvalue weighted by Crippen LogP contribution is 2.31. The second kappa shape index (κ2) is 10.1. The van der Waals surface area contributed by atoms with Gasteiger partial charge in [-0.25, -0.2) is 8.42 Å². The zero-order valence-corrected chi connectivity index (χ0v) is 21.0. The number of carbonyl (C=O) groups is 1. The monoisotopic (exact) mass is 556 g/mol. The highest BCUT2D eigenvalue weighted by molar-refractivity contribution is 9.10. The smallest absolute Gasteiger partial charge is 0.264 e. The fourth-order valence-electron chi connectivity index (χ4n) is 2.87. The maximum Gasteiger partial charge on any atom is 0.264 e. The lowest BCUT2D eigenvalue weighted by atomic mass is 10.2. The first kappa shape index (κ1) is 24.4. The van der Waals surface area contributed by atoms with E-state index in [2.05, 4.69) is 21.2 Å². The van der Waals surface area contributed by atoms with Crippen LogP contribution in [0.5, 0.6) is 5.75 Å². The normalized spacial score (nSPS) is 11.2. The number of hydrogen-bond donors (Lipinski definition) is 1. The summed E-state index contributed by atoms with van der Waals surface area (Å²) in [5.74, 6) is -0.0925. The molecule has 1 amide bonds. The molecule has 0 unspecified atom stereocenters. The SMILES string of the molecule is COc1ccc(S(=O)(=O)N(CC(=O)Nc2cc(Cl)ccc2Cl)c2ccc(C)cc2)cc1Br. The molecule has 0 saturated heterocycles. The standard InChI is InChI=1S/C22H19BrCl2N2O4S/c1-14-3-6-16(7-4-14)27(13-22(28)26-20-11-15(24)5-9-19(20)25)32(29,30)17-8-10-21(31-2)18(23)12-17/h3-12H,13H2,1-2H3,(H,26,28). The van der Waals surface area contributed by atoms with Crippen molar-refractivity contribution in [2.45, 2.75) is 11.8 Å². The first-order valence-electron chi connectivity index (χ1n) is 9.29. The summed E-state index contributed by atoms with van der Waals surface area (Å²) in [6, 6.07) is 15.8. The Kier molecular flexibility index (Phi) is 7.71. The number of sulfonamides is 1. The van der Waals surface area contributed by atoms with Crippen LogP contribution in [0.25, 0.3) is 0 Å². The van der Waals surface area contributed by atoms with E-state index in [4.69, 9.17) is 27.9 Å². The van der Waals surface area contributed by atoms with E-state index in [-0.39, 0.29) is 15.6 Å². The van der Waals surface area contributed by atoms with E-state index >= 15 is 0 Å². The molecule has 0 heterocycles. The van der Waals surface area contributed by atoms with E-state index in [9.17, 15) is 13.2 Å². The van der Waals surface area contributed by atoms with E-state index in [0.29, 0.717) is 20.9 Å². The number of rotatable bonds is 7. The van der Waals surface area contributed by atoms with Gasteiger partial charge in [0.1, 0.15) is 12.3 Å². The van der Waals surface area contributed by atoms with Crippen LogP contribution in [-0.2, 0) is 14.8 Å². The predicted octanol–water partition coefficient (Wildman–Crippen LogP) is 5.91. The summed E-state index contributed by atoms with van der Waals surface area (Å²) >= 11 is 15.4. The van der Waals surface area contributed by atoms with Gasteiger partial charge in [0.2, 0.25) is 5.91 Å². The summed E-state index contributed by atoms with van der Waals surface area (Å²) in [6.07, 6.45) is 0. The number of nitrogens with zero attached hydrogens (tertiary/aromatic N) is 1. The summed E-state index contributed by atoms with van der Waals surface area (Å²) in [6.45, 7) is 1.41. The van der Waals surface area contributed by atoms with E-state index in [1.54, 1.807) is 36.4 Å². The van der Waals surface area contributed by atoms with Crippen LogP contribution in [0.4, 0.5) is 11.4 Å². The summed E-state index contributed by atoms with van der Waals surface area (Å²) < 4.78 is 33.7. The molecule has 0 spiro atoms. The van der Waals surface area contributed by atoms with E-state index < -0.39 is 22.5 Å². The first-order valence-corrected chi connectivity index (χ1v) is 12.3. The van der Waals surface area contributed by atoms with Gasteiger partial charge in [-0.15, -0.1) is 0 Å². The van der Waals surface area contributed by atoms with Gasteiger partial charge in [-0.1, -0.05) is 40.9 Å². The molecular weight excluding hydrogens is 539 g/mol. The van der Waals surface area contributed by atoms with Crippen LogP contribution >= 0.6 is 39.1 Å². The van der Waals surface area contributed by atoms with E-state index in [1.165, 1.54) is 31.4 Å². The molecule has 6 nitrogen and oxygen atoms in total. The van der Waals surface area contributed by atoms with Gasteiger partial charge in [0, 0.05) is 5.02 Å². The number of methoxy groups -OCH3 is 1. The molecule has 3 aromatic carbocycles. The molecule has 3 aromatic rings. The van der Waals surface area contributed by atoms with Gasteiger partial charge in [-0.05, 0) is 71.4 Å². The quantitative estimate of drug-likeness (QED) is 0.392. The van der Waals surface area contributed by atoms with Crippen LogP contribution in [-0.4, -0.2) is 28.0 Å². The summed E-state index contributed by atoms with van der Waals surface area (Å²) in [5.41, 5.74) is 1.58. The number of anilines is 2. The van der Waals surface area contributed by atoms with Gasteiger partial charge >= 0.3 is 0 Å². The zero-order chi connectivity index (χ0) is 23.5. The van der Waals surface area contributed by atoms with Crippen molar-refractivity contribution in [2.24, 2.45) is 0 Å². The molecule has 0 aliphatic carbocycles. The van der Waals surface area contributed by atoms with Crippen molar-refractivity contribution >= 4 is 66.4 Å². The first-order chi connectivity index (χ1) is 15.1. The topological polar surface area (TPSA) is 75.7 Å². The minimum atomic E-state index is -4.09. The molecule has 0 bridgehead atoms. The molecule has 10 heteroatoms. The number of carbonyl (C=O) groups excluding carboxylic acids is 1. The van der Waals surface area contributed by atoms with Crippen LogP contribution < -0.4 is 14.4 Å². The maximum absolute atomic E-state index is 13.5. The van der Waals surface area contributed by atoms with Gasteiger partial charge in [0.25, 0.3) is 10.0 Å². The number of hydrogen-bond acceptors (Lipinski definition) is 4. The van der Waals surface area contributed by atoms with Gasteiger partial charge in [-0.3, -0.25) is 9.10 Å². The lowest BCUT2D eigenvalue weighted by Crippen LogP contribution is -2.38. The van der Waals surface area contributed by atoms with Gasteiger partial charge in [-0.2, -0.15) is 0 Å². The molecule has 168 valence electrons. The number of benzene rings is 3. The lowest BCUT2D eigenvalue weighted by Gasteiger charge is -2.24. The third kappa shape index (κ3) is 5.56. The Morgan fingerprint density at radius 3 is 2.38 bits per heavy atom. The second-order valence-electron chi connectivity index (χ2n) is 6.82. The minimum Gasteiger partial charge on any atom is -0.496 e.